The van der Waals surface area contributed by atoms with Crippen molar-refractivity contribution in [2.45, 2.75) is 70.5 Å². The smallest absolute Gasteiger partial charge is 0.0309 e. The summed E-state index contributed by atoms with van der Waals surface area (Å²) in [5.41, 5.74) is 0.475. The molecule has 0 radical (unpaired) electrons. The molecule has 1 aliphatic carbocycles. The van der Waals surface area contributed by atoms with E-state index < -0.39 is 0 Å². The molecule has 2 unspecified atom stereocenters. The molecule has 3 rings (SSSR count). The maximum Gasteiger partial charge on any atom is 0.0309 e. The van der Waals surface area contributed by atoms with Gasteiger partial charge in [-0.25, -0.2) is 0 Å². The first-order valence-electron chi connectivity index (χ1n) is 8.81. The molecule has 0 aromatic carbocycles. The third-order valence-corrected chi connectivity index (χ3v) is 6.00. The number of piperazine rings is 1. The quantitative estimate of drug-likeness (QED) is 0.855. The summed E-state index contributed by atoms with van der Waals surface area (Å²) in [6, 6.07) is 1.44. The Kier molecular flexibility index (Phi) is 4.40. The fourth-order valence-corrected chi connectivity index (χ4v) is 4.54. The first kappa shape index (κ1) is 14.8. The molecule has 2 heterocycles. The van der Waals surface area contributed by atoms with Gasteiger partial charge in [-0.05, 0) is 52.5 Å². The summed E-state index contributed by atoms with van der Waals surface area (Å²) in [5, 5.41) is 3.87. The van der Waals surface area contributed by atoms with E-state index >= 15 is 0 Å². The maximum atomic E-state index is 3.87. The zero-order valence-corrected chi connectivity index (χ0v) is 13.7. The SMILES string of the molecule is CC(C)N1CCC(CN2CC3(CCCC3)NCC2C)C1. The molecule has 2 aliphatic heterocycles. The fourth-order valence-electron chi connectivity index (χ4n) is 4.54. The molecule has 20 heavy (non-hydrogen) atoms. The van der Waals surface area contributed by atoms with E-state index in [1.54, 1.807) is 0 Å². The van der Waals surface area contributed by atoms with E-state index in [0.717, 1.165) is 12.0 Å². The summed E-state index contributed by atoms with van der Waals surface area (Å²) in [6.07, 6.45) is 7.07. The van der Waals surface area contributed by atoms with Crippen molar-refractivity contribution in [3.8, 4) is 0 Å². The predicted octanol–water partition coefficient (Wildman–Crippen LogP) is 2.32. The second kappa shape index (κ2) is 5.94. The lowest BCUT2D eigenvalue weighted by molar-refractivity contribution is 0.0744. The molecule has 0 aromatic heterocycles. The lowest BCUT2D eigenvalue weighted by Crippen LogP contribution is -2.63. The van der Waals surface area contributed by atoms with Crippen molar-refractivity contribution in [1.82, 2.24) is 15.1 Å². The van der Waals surface area contributed by atoms with Crippen LogP contribution in [0.1, 0.15) is 52.9 Å². The Bertz CT molecular complexity index is 322. The van der Waals surface area contributed by atoms with Crippen LogP contribution in [0, 0.1) is 5.92 Å². The highest BCUT2D eigenvalue weighted by molar-refractivity contribution is 5.00. The second-order valence-electron chi connectivity index (χ2n) is 7.89. The van der Waals surface area contributed by atoms with E-state index in [0.29, 0.717) is 11.6 Å². The average molecular weight is 279 g/mol. The van der Waals surface area contributed by atoms with Crippen LogP contribution in [0.25, 0.3) is 0 Å². The summed E-state index contributed by atoms with van der Waals surface area (Å²) in [4.78, 5) is 5.46. The van der Waals surface area contributed by atoms with Gasteiger partial charge in [0.1, 0.15) is 0 Å². The highest BCUT2D eigenvalue weighted by atomic mass is 15.3. The molecule has 3 fully saturated rings. The van der Waals surface area contributed by atoms with Gasteiger partial charge in [-0.15, -0.1) is 0 Å². The summed E-state index contributed by atoms with van der Waals surface area (Å²) in [5.74, 6) is 0.899. The van der Waals surface area contributed by atoms with Crippen molar-refractivity contribution in [3.05, 3.63) is 0 Å². The molecule has 0 bridgehead atoms. The maximum absolute atomic E-state index is 3.87. The standard InChI is InChI=1S/C17H33N3/c1-14(2)19-9-6-16(11-19)12-20-13-17(7-4-5-8-17)18-10-15(20)3/h14-16,18H,4-13H2,1-3H3. The number of nitrogens with one attached hydrogen (secondary N) is 1. The first-order valence-corrected chi connectivity index (χ1v) is 8.81. The molecule has 116 valence electrons. The molecule has 2 saturated heterocycles. The van der Waals surface area contributed by atoms with Crippen LogP contribution in [-0.2, 0) is 0 Å². The van der Waals surface area contributed by atoms with Crippen LogP contribution < -0.4 is 5.32 Å². The van der Waals surface area contributed by atoms with Crippen LogP contribution in [0.3, 0.4) is 0 Å². The molecule has 2 atom stereocenters. The van der Waals surface area contributed by atoms with Gasteiger partial charge in [0, 0.05) is 43.8 Å². The summed E-state index contributed by atoms with van der Waals surface area (Å²) in [6.45, 7) is 13.5. The van der Waals surface area contributed by atoms with Crippen LogP contribution in [0.15, 0.2) is 0 Å². The van der Waals surface area contributed by atoms with Gasteiger partial charge in [0.15, 0.2) is 0 Å². The van der Waals surface area contributed by atoms with Crippen molar-refractivity contribution in [2.75, 3.05) is 32.7 Å². The van der Waals surface area contributed by atoms with Crippen LogP contribution in [-0.4, -0.2) is 60.1 Å². The Morgan fingerprint density at radius 2 is 2.00 bits per heavy atom. The minimum Gasteiger partial charge on any atom is -0.308 e. The summed E-state index contributed by atoms with van der Waals surface area (Å²) in [7, 11) is 0. The van der Waals surface area contributed by atoms with E-state index in [9.17, 15) is 0 Å². The third kappa shape index (κ3) is 3.05. The highest BCUT2D eigenvalue weighted by Gasteiger charge is 2.40. The number of rotatable bonds is 3. The zero-order valence-electron chi connectivity index (χ0n) is 13.7. The van der Waals surface area contributed by atoms with Crippen LogP contribution >= 0.6 is 0 Å². The molecular weight excluding hydrogens is 246 g/mol. The van der Waals surface area contributed by atoms with Crippen LogP contribution in [0.4, 0.5) is 0 Å². The van der Waals surface area contributed by atoms with E-state index in [1.807, 2.05) is 0 Å². The van der Waals surface area contributed by atoms with Gasteiger partial charge in [-0.2, -0.15) is 0 Å². The molecule has 1 saturated carbocycles. The third-order valence-electron chi connectivity index (χ3n) is 6.00. The van der Waals surface area contributed by atoms with E-state index in [4.69, 9.17) is 0 Å². The number of hydrogen-bond acceptors (Lipinski definition) is 3. The molecule has 1 spiro atoms. The second-order valence-corrected chi connectivity index (χ2v) is 7.89. The van der Waals surface area contributed by atoms with Gasteiger partial charge in [-0.1, -0.05) is 12.8 Å². The Morgan fingerprint density at radius 3 is 2.65 bits per heavy atom. The number of hydrogen-bond donors (Lipinski definition) is 1. The molecular formula is C17H33N3. The average Bonchev–Trinajstić information content (AvgIpc) is 3.04. The molecule has 3 nitrogen and oxygen atoms in total. The Labute approximate surface area is 125 Å². The van der Waals surface area contributed by atoms with E-state index in [1.165, 1.54) is 64.8 Å². The van der Waals surface area contributed by atoms with Gasteiger partial charge in [0.05, 0.1) is 0 Å². The Balaban J connectivity index is 1.56. The lowest BCUT2D eigenvalue weighted by atomic mass is 9.91. The van der Waals surface area contributed by atoms with Crippen LogP contribution in [0.5, 0.6) is 0 Å². The van der Waals surface area contributed by atoms with Crippen molar-refractivity contribution in [2.24, 2.45) is 5.92 Å². The lowest BCUT2D eigenvalue weighted by Gasteiger charge is -2.46. The van der Waals surface area contributed by atoms with Crippen molar-refractivity contribution in [1.29, 1.82) is 0 Å². The molecule has 0 aromatic rings. The topological polar surface area (TPSA) is 18.5 Å². The minimum atomic E-state index is 0.475. The summed E-state index contributed by atoms with van der Waals surface area (Å²) < 4.78 is 0. The molecule has 1 N–H and O–H groups in total. The van der Waals surface area contributed by atoms with Crippen molar-refractivity contribution < 1.29 is 0 Å². The van der Waals surface area contributed by atoms with Crippen LogP contribution in [0.2, 0.25) is 0 Å². The minimum absolute atomic E-state index is 0.475. The van der Waals surface area contributed by atoms with Gasteiger partial charge in [0.25, 0.3) is 0 Å². The van der Waals surface area contributed by atoms with Gasteiger partial charge in [-0.3, -0.25) is 4.90 Å². The monoisotopic (exact) mass is 279 g/mol. The number of likely N-dealkylation sites (tertiary alicyclic amines) is 1. The Hall–Kier alpha value is -0.120. The first-order chi connectivity index (χ1) is 9.58. The van der Waals surface area contributed by atoms with Crippen molar-refractivity contribution in [3.63, 3.8) is 0 Å². The van der Waals surface area contributed by atoms with E-state index in [-0.39, 0.29) is 0 Å². The number of nitrogens with zero attached hydrogens (tertiary/aromatic N) is 2. The van der Waals surface area contributed by atoms with Crippen molar-refractivity contribution >= 4 is 0 Å². The van der Waals surface area contributed by atoms with Gasteiger partial charge in [0.2, 0.25) is 0 Å². The van der Waals surface area contributed by atoms with Gasteiger partial charge >= 0.3 is 0 Å². The Morgan fingerprint density at radius 1 is 1.25 bits per heavy atom. The largest absolute Gasteiger partial charge is 0.308 e. The molecule has 0 amide bonds. The normalized spacial score (nSPS) is 35.4. The molecule has 3 aliphatic rings. The fraction of sp³-hybridized carbons (Fsp3) is 1.00. The van der Waals surface area contributed by atoms with Gasteiger partial charge < -0.3 is 10.2 Å². The van der Waals surface area contributed by atoms with E-state index in [2.05, 4.69) is 35.9 Å². The predicted molar refractivity (Wildman–Crippen MR) is 85.1 cm³/mol. The highest BCUT2D eigenvalue weighted by Crippen LogP contribution is 2.34. The molecule has 3 heteroatoms. The zero-order chi connectivity index (χ0) is 14.2. The summed E-state index contributed by atoms with van der Waals surface area (Å²) >= 11 is 0.